The molecule has 5 nitrogen and oxygen atoms in total. The Morgan fingerprint density at radius 2 is 1.72 bits per heavy atom. The summed E-state index contributed by atoms with van der Waals surface area (Å²) in [7, 11) is 0. The minimum Gasteiger partial charge on any atom is -0.420 e. The Kier molecular flexibility index (Phi) is 5.19. The number of hydrogen-bond donors (Lipinski definition) is 1. The number of carbonyl (C=O) groups excluding carboxylic acids is 1. The van der Waals surface area contributed by atoms with Crippen molar-refractivity contribution in [3.63, 3.8) is 0 Å². The number of aromatic nitrogens is 1. The molecule has 3 aromatic rings. The van der Waals surface area contributed by atoms with Crippen LogP contribution in [0.2, 0.25) is 0 Å². The van der Waals surface area contributed by atoms with Gasteiger partial charge in [0.15, 0.2) is 0 Å². The maximum Gasteiger partial charge on any atom is 0.491 e. The van der Waals surface area contributed by atoms with E-state index in [1.54, 1.807) is 6.07 Å². The van der Waals surface area contributed by atoms with Crippen molar-refractivity contribution in [2.75, 3.05) is 5.73 Å². The average molecular weight is 401 g/mol. The molecule has 0 fully saturated rings. The van der Waals surface area contributed by atoms with Crippen LogP contribution in [0.1, 0.15) is 5.56 Å². The summed E-state index contributed by atoms with van der Waals surface area (Å²) in [6, 6.07) is 14.2. The number of pyridine rings is 1. The number of hydrogen-bond acceptors (Lipinski definition) is 5. The lowest BCUT2D eigenvalue weighted by atomic mass is 9.98. The van der Waals surface area contributed by atoms with Crippen molar-refractivity contribution in [2.45, 2.75) is 6.18 Å². The zero-order valence-electron chi connectivity index (χ0n) is 14.5. The molecule has 0 spiro atoms. The monoisotopic (exact) mass is 401 g/mol. The standard InChI is InChI=1S/C20H11F4N3O2/c21-16-4-2-1-3-13(16)14-9-17(27-18(26)15(14)10-25)11-5-7-12(8-6-11)29-19(28)20(22,23)24/h1-9H,(H2,26,27). The second kappa shape index (κ2) is 7.59. The van der Waals surface area contributed by atoms with Gasteiger partial charge >= 0.3 is 12.1 Å². The van der Waals surface area contributed by atoms with Gasteiger partial charge in [0, 0.05) is 16.7 Å². The zero-order valence-corrected chi connectivity index (χ0v) is 14.5. The SMILES string of the molecule is N#Cc1c(-c2ccccc2F)cc(-c2ccc(OC(=O)C(F)(F)F)cc2)nc1N. The first-order valence-electron chi connectivity index (χ1n) is 8.05. The first-order chi connectivity index (χ1) is 13.7. The van der Waals surface area contributed by atoms with Gasteiger partial charge in [0.05, 0.1) is 5.69 Å². The molecular formula is C20H11F4N3O2. The molecular weight excluding hydrogens is 390 g/mol. The van der Waals surface area contributed by atoms with Gasteiger partial charge < -0.3 is 10.5 Å². The van der Waals surface area contributed by atoms with Crippen LogP contribution in [-0.4, -0.2) is 17.1 Å². The highest BCUT2D eigenvalue weighted by Gasteiger charge is 2.41. The molecule has 0 aliphatic rings. The normalized spacial score (nSPS) is 11.0. The topological polar surface area (TPSA) is 89.0 Å². The second-order valence-corrected chi connectivity index (χ2v) is 5.82. The number of carbonyl (C=O) groups is 1. The summed E-state index contributed by atoms with van der Waals surface area (Å²) in [5.41, 5.74) is 6.88. The summed E-state index contributed by atoms with van der Waals surface area (Å²) in [6.07, 6.45) is -5.11. The van der Waals surface area contributed by atoms with Crippen molar-refractivity contribution in [2.24, 2.45) is 0 Å². The van der Waals surface area contributed by atoms with Gasteiger partial charge in [0.1, 0.15) is 29.0 Å². The highest BCUT2D eigenvalue weighted by Crippen LogP contribution is 2.33. The van der Waals surface area contributed by atoms with E-state index in [0.717, 1.165) is 12.1 Å². The lowest BCUT2D eigenvalue weighted by Crippen LogP contribution is -2.27. The molecule has 0 aliphatic carbocycles. The Balaban J connectivity index is 2.01. The van der Waals surface area contributed by atoms with E-state index < -0.39 is 18.0 Å². The number of nitrogens with two attached hydrogens (primary N) is 1. The molecule has 146 valence electrons. The Morgan fingerprint density at radius 1 is 1.07 bits per heavy atom. The number of benzene rings is 2. The number of ether oxygens (including phenoxy) is 1. The van der Waals surface area contributed by atoms with Gasteiger partial charge in [-0.2, -0.15) is 18.4 Å². The third kappa shape index (κ3) is 4.16. The van der Waals surface area contributed by atoms with Crippen molar-refractivity contribution in [1.29, 1.82) is 5.26 Å². The van der Waals surface area contributed by atoms with Crippen LogP contribution >= 0.6 is 0 Å². The fraction of sp³-hybridized carbons (Fsp3) is 0.0500. The van der Waals surface area contributed by atoms with Crippen molar-refractivity contribution in [3.8, 4) is 34.2 Å². The van der Waals surface area contributed by atoms with Crippen LogP contribution in [0.15, 0.2) is 54.6 Å². The number of alkyl halides is 3. The number of nitrogens with zero attached hydrogens (tertiary/aromatic N) is 2. The Bertz CT molecular complexity index is 1120. The number of anilines is 1. The highest BCUT2D eigenvalue weighted by atomic mass is 19.4. The third-order valence-electron chi connectivity index (χ3n) is 3.92. The van der Waals surface area contributed by atoms with E-state index in [9.17, 15) is 27.6 Å². The molecule has 1 heterocycles. The van der Waals surface area contributed by atoms with Crippen molar-refractivity contribution in [3.05, 3.63) is 66.0 Å². The smallest absolute Gasteiger partial charge is 0.420 e. The van der Waals surface area contributed by atoms with Crippen molar-refractivity contribution in [1.82, 2.24) is 4.98 Å². The van der Waals surface area contributed by atoms with Crippen molar-refractivity contribution < 1.29 is 27.1 Å². The van der Waals surface area contributed by atoms with Gasteiger partial charge in [-0.3, -0.25) is 0 Å². The number of nitriles is 1. The molecule has 2 N–H and O–H groups in total. The van der Waals surface area contributed by atoms with Crippen LogP contribution in [0.5, 0.6) is 5.75 Å². The molecule has 0 aliphatic heterocycles. The van der Waals surface area contributed by atoms with Gasteiger partial charge in [-0.05, 0) is 36.4 Å². The quantitative estimate of drug-likeness (QED) is 0.397. The molecule has 0 unspecified atom stereocenters. The molecule has 2 aromatic carbocycles. The third-order valence-corrected chi connectivity index (χ3v) is 3.92. The number of nitrogen functional groups attached to an aromatic ring is 1. The molecule has 1 aromatic heterocycles. The lowest BCUT2D eigenvalue weighted by molar-refractivity contribution is -0.189. The Labute approximate surface area is 162 Å². The van der Waals surface area contributed by atoms with Crippen LogP contribution in [0, 0.1) is 17.1 Å². The maximum atomic E-state index is 14.2. The van der Waals surface area contributed by atoms with E-state index in [0.29, 0.717) is 5.56 Å². The van der Waals surface area contributed by atoms with E-state index in [1.807, 2.05) is 6.07 Å². The van der Waals surface area contributed by atoms with E-state index in [4.69, 9.17) is 5.73 Å². The molecule has 9 heteroatoms. The van der Waals surface area contributed by atoms with Gasteiger partial charge in [-0.15, -0.1) is 0 Å². The van der Waals surface area contributed by atoms with Crippen molar-refractivity contribution >= 4 is 11.8 Å². The van der Waals surface area contributed by atoms with Gasteiger partial charge in [-0.1, -0.05) is 18.2 Å². The van der Waals surface area contributed by atoms with Crippen LogP contribution in [-0.2, 0) is 4.79 Å². The first-order valence-corrected chi connectivity index (χ1v) is 8.05. The predicted molar refractivity (Wildman–Crippen MR) is 95.9 cm³/mol. The molecule has 0 radical (unpaired) electrons. The fourth-order valence-electron chi connectivity index (χ4n) is 2.58. The molecule has 0 amide bonds. The zero-order chi connectivity index (χ0) is 21.2. The summed E-state index contributed by atoms with van der Waals surface area (Å²) in [5.74, 6) is -3.34. The molecule has 0 saturated carbocycles. The average Bonchev–Trinajstić information content (AvgIpc) is 2.67. The predicted octanol–water partition coefficient (Wildman–Crippen LogP) is 4.48. The summed E-state index contributed by atoms with van der Waals surface area (Å²) < 4.78 is 55.3. The number of rotatable bonds is 3. The molecule has 3 rings (SSSR count). The number of halogens is 4. The Morgan fingerprint density at radius 3 is 2.31 bits per heavy atom. The Hall–Kier alpha value is -3.93. The molecule has 0 saturated heterocycles. The molecule has 0 atom stereocenters. The van der Waals surface area contributed by atoms with Gasteiger partial charge in [-0.25, -0.2) is 14.2 Å². The van der Waals surface area contributed by atoms with Crippen LogP contribution in [0.25, 0.3) is 22.4 Å². The summed E-state index contributed by atoms with van der Waals surface area (Å²) >= 11 is 0. The van der Waals surface area contributed by atoms with Crippen LogP contribution in [0.3, 0.4) is 0 Å². The van der Waals surface area contributed by atoms with Gasteiger partial charge in [0.25, 0.3) is 0 Å². The van der Waals surface area contributed by atoms with Gasteiger partial charge in [0.2, 0.25) is 0 Å². The van der Waals surface area contributed by atoms with E-state index in [-0.39, 0.29) is 34.0 Å². The minimum atomic E-state index is -5.11. The maximum absolute atomic E-state index is 14.2. The highest BCUT2D eigenvalue weighted by molar-refractivity contribution is 5.81. The van der Waals surface area contributed by atoms with E-state index in [1.165, 1.54) is 36.4 Å². The summed E-state index contributed by atoms with van der Waals surface area (Å²) in [4.78, 5) is 15.0. The largest absolute Gasteiger partial charge is 0.491 e. The summed E-state index contributed by atoms with van der Waals surface area (Å²) in [6.45, 7) is 0. The first kappa shape index (κ1) is 19.8. The van der Waals surface area contributed by atoms with E-state index in [2.05, 4.69) is 9.72 Å². The molecule has 0 bridgehead atoms. The van der Waals surface area contributed by atoms with Crippen LogP contribution < -0.4 is 10.5 Å². The molecule has 29 heavy (non-hydrogen) atoms. The lowest BCUT2D eigenvalue weighted by Gasteiger charge is -2.11. The van der Waals surface area contributed by atoms with E-state index >= 15 is 0 Å². The summed E-state index contributed by atoms with van der Waals surface area (Å²) in [5, 5.41) is 9.37. The van der Waals surface area contributed by atoms with Crippen LogP contribution in [0.4, 0.5) is 23.4 Å². The fourth-order valence-corrected chi connectivity index (χ4v) is 2.58. The second-order valence-electron chi connectivity index (χ2n) is 5.82. The minimum absolute atomic E-state index is 0.00502. The number of esters is 1.